The van der Waals surface area contributed by atoms with Gasteiger partial charge in [0.05, 0.1) is 0 Å². The van der Waals surface area contributed by atoms with Crippen LogP contribution in [0.25, 0.3) is 0 Å². The summed E-state index contributed by atoms with van der Waals surface area (Å²) in [5, 5.41) is 11.5. The number of hydrogen-bond donors (Lipinski definition) is 4. The molecule has 1 aliphatic heterocycles. The molecule has 2 rings (SSSR count). The topological polar surface area (TPSA) is 137 Å². The van der Waals surface area contributed by atoms with E-state index in [0.717, 1.165) is 5.56 Å². The Bertz CT molecular complexity index is 1100. The number of hydrogen-bond acceptors (Lipinski definition) is 5. The number of nitrogens with zero attached hydrogens (tertiary/aromatic N) is 1. The highest BCUT2D eigenvalue weighted by molar-refractivity contribution is 5.98. The van der Waals surface area contributed by atoms with Crippen LogP contribution >= 0.6 is 0 Å². The number of amides is 5. The van der Waals surface area contributed by atoms with E-state index in [1.807, 2.05) is 85.7 Å². The molecule has 10 nitrogen and oxygen atoms in total. The first kappa shape index (κ1) is 35.8. The van der Waals surface area contributed by atoms with Gasteiger partial charge in [-0.1, -0.05) is 85.7 Å². The fraction of sp³-hybridized carbons (Fsp3) is 0.667. The SMILES string of the molecule is CC(C)C[C@@H]1NC(=O)[C@H](Cc2ccccc2)NC(=O)[C@H](CC(C)C)NC(=O)[C@@H](C(C)C)N(C)C(=O)[C@H](CC(C)C)NC1=O. The zero-order chi connectivity index (χ0) is 32.4. The second-order valence-corrected chi connectivity index (χ2v) is 13.5. The van der Waals surface area contributed by atoms with Crippen LogP contribution in [0.1, 0.15) is 80.2 Å². The Labute approximate surface area is 257 Å². The molecule has 1 heterocycles. The van der Waals surface area contributed by atoms with Crippen molar-refractivity contribution in [3.8, 4) is 0 Å². The van der Waals surface area contributed by atoms with Gasteiger partial charge in [0.1, 0.15) is 30.2 Å². The molecule has 0 aliphatic carbocycles. The van der Waals surface area contributed by atoms with Crippen LogP contribution in [-0.2, 0) is 30.4 Å². The average Bonchev–Trinajstić information content (AvgIpc) is 2.90. The molecule has 1 aromatic rings. The van der Waals surface area contributed by atoms with Gasteiger partial charge in [-0.15, -0.1) is 0 Å². The maximum atomic E-state index is 13.9. The molecular weight excluding hydrogens is 546 g/mol. The average molecular weight is 600 g/mol. The number of rotatable bonds is 9. The first-order valence-corrected chi connectivity index (χ1v) is 15.6. The van der Waals surface area contributed by atoms with Gasteiger partial charge in [-0.25, -0.2) is 0 Å². The molecule has 43 heavy (non-hydrogen) atoms. The van der Waals surface area contributed by atoms with E-state index in [2.05, 4.69) is 21.3 Å². The van der Waals surface area contributed by atoms with E-state index in [1.165, 1.54) is 4.90 Å². The van der Waals surface area contributed by atoms with E-state index in [9.17, 15) is 24.0 Å². The van der Waals surface area contributed by atoms with E-state index in [4.69, 9.17) is 0 Å². The molecule has 10 heteroatoms. The molecule has 1 aliphatic rings. The molecule has 0 saturated carbocycles. The van der Waals surface area contributed by atoms with Gasteiger partial charge >= 0.3 is 0 Å². The number of carbonyl (C=O) groups is 5. The molecule has 5 atom stereocenters. The lowest BCUT2D eigenvalue weighted by molar-refractivity contribution is -0.144. The number of nitrogens with one attached hydrogen (secondary N) is 4. The Kier molecular flexibility index (Phi) is 13.7. The van der Waals surface area contributed by atoms with Crippen molar-refractivity contribution in [2.45, 2.75) is 111 Å². The number of benzene rings is 1. The first-order chi connectivity index (χ1) is 20.1. The van der Waals surface area contributed by atoms with Crippen LogP contribution in [0.5, 0.6) is 0 Å². The van der Waals surface area contributed by atoms with E-state index in [0.29, 0.717) is 19.3 Å². The highest BCUT2D eigenvalue weighted by Crippen LogP contribution is 2.17. The zero-order valence-corrected chi connectivity index (χ0v) is 27.4. The fourth-order valence-corrected chi connectivity index (χ4v) is 5.54. The summed E-state index contributed by atoms with van der Waals surface area (Å²) in [6.07, 6.45) is 1.23. The van der Waals surface area contributed by atoms with Crippen LogP contribution < -0.4 is 21.3 Å². The van der Waals surface area contributed by atoms with Crippen LogP contribution in [0.2, 0.25) is 0 Å². The van der Waals surface area contributed by atoms with Crippen molar-refractivity contribution < 1.29 is 24.0 Å². The van der Waals surface area contributed by atoms with Crippen molar-refractivity contribution in [3.05, 3.63) is 35.9 Å². The Balaban J connectivity index is 2.64. The highest BCUT2D eigenvalue weighted by atomic mass is 16.2. The number of likely N-dealkylation sites (N-methyl/N-ethyl adjacent to an activating group) is 1. The molecule has 0 bridgehead atoms. The molecule has 240 valence electrons. The summed E-state index contributed by atoms with van der Waals surface area (Å²) in [5.41, 5.74) is 0.833. The first-order valence-electron chi connectivity index (χ1n) is 15.6. The third-order valence-corrected chi connectivity index (χ3v) is 7.58. The Morgan fingerprint density at radius 2 is 0.977 bits per heavy atom. The largest absolute Gasteiger partial charge is 0.343 e. The third-order valence-electron chi connectivity index (χ3n) is 7.58. The van der Waals surface area contributed by atoms with Gasteiger partial charge in [0.25, 0.3) is 0 Å². The summed E-state index contributed by atoms with van der Waals surface area (Å²) >= 11 is 0. The second-order valence-electron chi connectivity index (χ2n) is 13.5. The molecule has 1 saturated heterocycles. The zero-order valence-electron chi connectivity index (χ0n) is 27.4. The molecule has 1 fully saturated rings. The van der Waals surface area contributed by atoms with Gasteiger partial charge in [-0.2, -0.15) is 0 Å². The van der Waals surface area contributed by atoms with Crippen LogP contribution in [0.3, 0.4) is 0 Å². The normalized spacial score (nSPS) is 24.9. The molecular formula is C33H53N5O5. The van der Waals surface area contributed by atoms with Crippen LogP contribution in [0.15, 0.2) is 30.3 Å². The van der Waals surface area contributed by atoms with Crippen LogP contribution in [0, 0.1) is 23.7 Å². The second kappa shape index (κ2) is 16.4. The van der Waals surface area contributed by atoms with E-state index < -0.39 is 59.7 Å². The standard InChI is InChI=1S/C33H53N5O5/c1-19(2)15-24-30(40)37-27(17-21(5)6)33(43)38(9)28(22(7)8)32(42)36-25(16-20(3)4)29(39)35-26(31(41)34-24)18-23-13-11-10-12-14-23/h10-14,19-22,24-28H,15-18H2,1-9H3,(H,34,41)(H,35,39)(H,36,42)(H,37,40)/t24-,25-,26-,27-,28+/m0/s1. The summed E-state index contributed by atoms with van der Waals surface area (Å²) in [4.78, 5) is 70.2. The Morgan fingerprint density at radius 3 is 1.44 bits per heavy atom. The lowest BCUT2D eigenvalue weighted by Gasteiger charge is -2.34. The maximum absolute atomic E-state index is 13.9. The lowest BCUT2D eigenvalue weighted by atomic mass is 9.96. The van der Waals surface area contributed by atoms with Crippen molar-refractivity contribution in [1.82, 2.24) is 26.2 Å². The summed E-state index contributed by atoms with van der Waals surface area (Å²) in [6, 6.07) is 4.70. The number of carbonyl (C=O) groups excluding carboxylic acids is 5. The quantitative estimate of drug-likeness (QED) is 0.346. The van der Waals surface area contributed by atoms with E-state index in [-0.39, 0.29) is 30.1 Å². The Hall–Kier alpha value is -3.43. The fourth-order valence-electron chi connectivity index (χ4n) is 5.54. The highest BCUT2D eigenvalue weighted by Gasteiger charge is 2.38. The minimum Gasteiger partial charge on any atom is -0.343 e. The molecule has 0 aromatic heterocycles. The van der Waals surface area contributed by atoms with Crippen molar-refractivity contribution in [3.63, 3.8) is 0 Å². The predicted molar refractivity (Wildman–Crippen MR) is 168 cm³/mol. The maximum Gasteiger partial charge on any atom is 0.245 e. The minimum absolute atomic E-state index is 0.0593. The summed E-state index contributed by atoms with van der Waals surface area (Å²) in [5.74, 6) is -2.41. The summed E-state index contributed by atoms with van der Waals surface area (Å²) in [7, 11) is 1.56. The predicted octanol–water partition coefficient (Wildman–Crippen LogP) is 2.80. The molecule has 0 spiro atoms. The monoisotopic (exact) mass is 599 g/mol. The minimum atomic E-state index is -0.995. The van der Waals surface area contributed by atoms with Crippen LogP contribution in [0.4, 0.5) is 0 Å². The van der Waals surface area contributed by atoms with Gasteiger partial charge < -0.3 is 26.2 Å². The molecule has 5 amide bonds. The van der Waals surface area contributed by atoms with Crippen molar-refractivity contribution in [2.75, 3.05) is 7.05 Å². The smallest absolute Gasteiger partial charge is 0.245 e. The van der Waals surface area contributed by atoms with Gasteiger partial charge in [0.15, 0.2) is 0 Å². The van der Waals surface area contributed by atoms with E-state index >= 15 is 0 Å². The molecule has 1 aromatic carbocycles. The summed E-state index contributed by atoms with van der Waals surface area (Å²) in [6.45, 7) is 15.4. The molecule has 4 N–H and O–H groups in total. The van der Waals surface area contributed by atoms with Crippen molar-refractivity contribution in [1.29, 1.82) is 0 Å². The van der Waals surface area contributed by atoms with Gasteiger partial charge in [-0.3, -0.25) is 24.0 Å². The van der Waals surface area contributed by atoms with Crippen molar-refractivity contribution in [2.24, 2.45) is 23.7 Å². The van der Waals surface area contributed by atoms with Gasteiger partial charge in [0.2, 0.25) is 29.5 Å². The Morgan fingerprint density at radius 1 is 0.581 bits per heavy atom. The van der Waals surface area contributed by atoms with Crippen molar-refractivity contribution >= 4 is 29.5 Å². The van der Waals surface area contributed by atoms with Gasteiger partial charge in [-0.05, 0) is 48.5 Å². The van der Waals surface area contributed by atoms with E-state index in [1.54, 1.807) is 7.05 Å². The van der Waals surface area contributed by atoms with Gasteiger partial charge in [0, 0.05) is 13.5 Å². The summed E-state index contributed by atoms with van der Waals surface area (Å²) < 4.78 is 0. The van der Waals surface area contributed by atoms with Crippen LogP contribution in [-0.4, -0.2) is 71.7 Å². The third kappa shape index (κ3) is 11.0. The molecule has 0 unspecified atom stereocenters. The molecule has 0 radical (unpaired) electrons. The lowest BCUT2D eigenvalue weighted by Crippen LogP contribution is -2.59.